The number of rotatable bonds is 10. The Kier molecular flexibility index (Phi) is 8.25. The van der Waals surface area contributed by atoms with Gasteiger partial charge in [-0.2, -0.15) is 0 Å². The lowest BCUT2D eigenvalue weighted by molar-refractivity contribution is -0.152. The summed E-state index contributed by atoms with van der Waals surface area (Å²) in [5, 5.41) is 14.0. The van der Waals surface area contributed by atoms with Crippen LogP contribution >= 0.6 is 0 Å². The Morgan fingerprint density at radius 2 is 1.83 bits per heavy atom. The zero-order valence-electron chi connectivity index (χ0n) is 21.0. The molecule has 2 N–H and O–H groups in total. The van der Waals surface area contributed by atoms with Gasteiger partial charge in [-0.25, -0.2) is 9.78 Å². The van der Waals surface area contributed by atoms with E-state index in [4.69, 9.17) is 9.15 Å². The molecule has 1 aliphatic rings. The van der Waals surface area contributed by atoms with Gasteiger partial charge in [-0.3, -0.25) is 4.79 Å². The van der Waals surface area contributed by atoms with Crippen LogP contribution in [0, 0.1) is 11.3 Å². The number of para-hydroxylation sites is 2. The van der Waals surface area contributed by atoms with Gasteiger partial charge in [0.15, 0.2) is 5.58 Å². The molecule has 0 radical (unpaired) electrons. The highest BCUT2D eigenvalue weighted by Crippen LogP contribution is 2.45. The summed E-state index contributed by atoms with van der Waals surface area (Å²) >= 11 is 0. The van der Waals surface area contributed by atoms with Crippen molar-refractivity contribution in [3.05, 3.63) is 66.1 Å². The molecule has 0 spiro atoms. The van der Waals surface area contributed by atoms with E-state index in [2.05, 4.69) is 17.2 Å². The minimum Gasteiger partial charge on any atom is -0.445 e. The van der Waals surface area contributed by atoms with E-state index in [0.717, 1.165) is 31.2 Å². The summed E-state index contributed by atoms with van der Waals surface area (Å²) < 4.78 is 11.1. The average Bonchev–Trinajstić information content (AvgIpc) is 3.53. The number of aliphatic hydroxyl groups excluding tert-OH is 1. The fourth-order valence-electron chi connectivity index (χ4n) is 5.05. The fraction of sp³-hybridized carbons (Fsp3) is 0.464. The van der Waals surface area contributed by atoms with Crippen molar-refractivity contribution in [2.75, 3.05) is 13.1 Å². The quantitative estimate of drug-likeness (QED) is 0.377. The smallest absolute Gasteiger partial charge is 0.407 e. The standard InChI is InChI=1S/C28H35N3O5/c1-3-17-31(26(33)24-30-22-13-7-8-14-23(22)36-24)25(32)21(28(2)15-9-10-16-28)18-29-27(34)35-19-20-11-5-4-6-12-20/h4-8,11-14,21,26,33H,3,9-10,15-19H2,1-2H3,(H,29,34)/t21-,26-/m0/s1. The lowest BCUT2D eigenvalue weighted by Crippen LogP contribution is -2.49. The van der Waals surface area contributed by atoms with Gasteiger partial charge in [-0.05, 0) is 42.4 Å². The van der Waals surface area contributed by atoms with E-state index in [-0.39, 0.29) is 30.4 Å². The number of alkyl carbamates (subject to hydrolysis) is 1. The van der Waals surface area contributed by atoms with Gasteiger partial charge in [0.05, 0.1) is 5.92 Å². The summed E-state index contributed by atoms with van der Waals surface area (Å²) in [7, 11) is 0. The minimum atomic E-state index is -1.32. The number of carbonyl (C=O) groups is 2. The summed E-state index contributed by atoms with van der Waals surface area (Å²) in [4.78, 5) is 32.3. The summed E-state index contributed by atoms with van der Waals surface area (Å²) in [6, 6.07) is 16.7. The molecule has 1 saturated carbocycles. The first kappa shape index (κ1) is 25.7. The van der Waals surface area contributed by atoms with Crippen LogP contribution in [0.4, 0.5) is 4.79 Å². The van der Waals surface area contributed by atoms with E-state index in [1.165, 1.54) is 4.90 Å². The van der Waals surface area contributed by atoms with Crippen LogP contribution in [0.5, 0.6) is 0 Å². The van der Waals surface area contributed by atoms with E-state index >= 15 is 0 Å². The number of fused-ring (bicyclic) bond motifs is 1. The molecule has 3 aromatic rings. The number of nitrogens with one attached hydrogen (secondary N) is 1. The molecular formula is C28H35N3O5. The van der Waals surface area contributed by atoms with Crippen LogP contribution in [-0.2, 0) is 16.1 Å². The van der Waals surface area contributed by atoms with Crippen LogP contribution in [0.2, 0.25) is 0 Å². The number of aromatic nitrogens is 1. The molecule has 1 fully saturated rings. The second-order valence-electron chi connectivity index (χ2n) is 9.78. The van der Waals surface area contributed by atoms with Gasteiger partial charge in [0, 0.05) is 13.1 Å². The Hall–Kier alpha value is -3.39. The number of hydrogen-bond donors (Lipinski definition) is 2. The maximum absolute atomic E-state index is 14.0. The number of hydrogen-bond acceptors (Lipinski definition) is 6. The molecule has 8 nitrogen and oxygen atoms in total. The number of carbonyl (C=O) groups excluding carboxylic acids is 2. The Labute approximate surface area is 211 Å². The Bertz CT molecular complexity index is 1120. The lowest BCUT2D eigenvalue weighted by Gasteiger charge is -2.37. The van der Waals surface area contributed by atoms with E-state index in [0.29, 0.717) is 24.1 Å². The topological polar surface area (TPSA) is 105 Å². The zero-order chi connectivity index (χ0) is 25.5. The van der Waals surface area contributed by atoms with Crippen molar-refractivity contribution in [2.24, 2.45) is 11.3 Å². The second kappa shape index (κ2) is 11.6. The number of aliphatic hydroxyl groups is 1. The number of benzene rings is 2. The summed E-state index contributed by atoms with van der Waals surface area (Å²) in [6.45, 7) is 4.66. The highest BCUT2D eigenvalue weighted by Gasteiger charge is 2.44. The maximum atomic E-state index is 14.0. The molecule has 0 saturated heterocycles. The highest BCUT2D eigenvalue weighted by atomic mass is 16.5. The normalized spacial score (nSPS) is 16.4. The van der Waals surface area contributed by atoms with E-state index in [1.807, 2.05) is 49.4 Å². The predicted octanol–water partition coefficient (Wildman–Crippen LogP) is 5.18. The predicted molar refractivity (Wildman–Crippen MR) is 136 cm³/mol. The van der Waals surface area contributed by atoms with Crippen LogP contribution in [0.15, 0.2) is 59.0 Å². The first-order chi connectivity index (χ1) is 17.4. The lowest BCUT2D eigenvalue weighted by atomic mass is 9.74. The van der Waals surface area contributed by atoms with Crippen LogP contribution in [0.1, 0.15) is 63.6 Å². The van der Waals surface area contributed by atoms with Crippen molar-refractivity contribution in [1.29, 1.82) is 0 Å². The molecule has 2 atom stereocenters. The molecule has 2 amide bonds. The molecule has 0 unspecified atom stereocenters. The largest absolute Gasteiger partial charge is 0.445 e. The van der Waals surface area contributed by atoms with Crippen LogP contribution < -0.4 is 5.32 Å². The zero-order valence-corrected chi connectivity index (χ0v) is 21.0. The molecular weight excluding hydrogens is 458 g/mol. The fourth-order valence-corrected chi connectivity index (χ4v) is 5.05. The molecule has 2 aromatic carbocycles. The van der Waals surface area contributed by atoms with E-state index < -0.39 is 18.2 Å². The summed E-state index contributed by atoms with van der Waals surface area (Å²) in [6.07, 6.45) is 2.58. The third kappa shape index (κ3) is 5.87. The molecule has 8 heteroatoms. The molecule has 1 heterocycles. The van der Waals surface area contributed by atoms with E-state index in [9.17, 15) is 14.7 Å². The van der Waals surface area contributed by atoms with Gasteiger partial charge in [0.2, 0.25) is 18.0 Å². The number of ether oxygens (including phenoxy) is 1. The Morgan fingerprint density at radius 3 is 2.53 bits per heavy atom. The molecule has 4 rings (SSSR count). The Morgan fingerprint density at radius 1 is 1.14 bits per heavy atom. The van der Waals surface area contributed by atoms with Gasteiger partial charge in [0.1, 0.15) is 12.1 Å². The van der Waals surface area contributed by atoms with Crippen molar-refractivity contribution < 1.29 is 23.8 Å². The molecule has 36 heavy (non-hydrogen) atoms. The second-order valence-corrected chi connectivity index (χ2v) is 9.78. The van der Waals surface area contributed by atoms with Crippen molar-refractivity contribution in [3.63, 3.8) is 0 Å². The first-order valence-corrected chi connectivity index (χ1v) is 12.7. The third-order valence-corrected chi connectivity index (χ3v) is 7.12. The molecule has 1 aromatic heterocycles. The monoisotopic (exact) mass is 493 g/mol. The van der Waals surface area contributed by atoms with Gasteiger partial charge in [-0.15, -0.1) is 0 Å². The molecule has 0 aliphatic heterocycles. The highest BCUT2D eigenvalue weighted by molar-refractivity contribution is 5.81. The van der Waals surface area contributed by atoms with Crippen LogP contribution in [0.3, 0.4) is 0 Å². The van der Waals surface area contributed by atoms with Gasteiger partial charge in [-0.1, -0.05) is 69.2 Å². The molecule has 1 aliphatic carbocycles. The van der Waals surface area contributed by atoms with Crippen LogP contribution in [-0.4, -0.2) is 40.1 Å². The number of oxazole rings is 1. The molecule has 0 bridgehead atoms. The summed E-state index contributed by atoms with van der Waals surface area (Å²) in [5.41, 5.74) is 1.77. The Balaban J connectivity index is 1.49. The maximum Gasteiger partial charge on any atom is 0.407 e. The third-order valence-electron chi connectivity index (χ3n) is 7.12. The van der Waals surface area contributed by atoms with Gasteiger partial charge < -0.3 is 24.5 Å². The average molecular weight is 494 g/mol. The van der Waals surface area contributed by atoms with Crippen molar-refractivity contribution in [2.45, 2.75) is 58.8 Å². The van der Waals surface area contributed by atoms with Crippen molar-refractivity contribution >= 4 is 23.1 Å². The van der Waals surface area contributed by atoms with Gasteiger partial charge >= 0.3 is 6.09 Å². The van der Waals surface area contributed by atoms with Crippen LogP contribution in [0.25, 0.3) is 11.1 Å². The molecule has 192 valence electrons. The first-order valence-electron chi connectivity index (χ1n) is 12.7. The van der Waals surface area contributed by atoms with Gasteiger partial charge in [0.25, 0.3) is 0 Å². The number of nitrogens with zero attached hydrogens (tertiary/aromatic N) is 2. The van der Waals surface area contributed by atoms with Crippen molar-refractivity contribution in [1.82, 2.24) is 15.2 Å². The minimum absolute atomic E-state index is 0.0866. The SMILES string of the molecule is CCCN(C(=O)[C@H](CNC(=O)OCc1ccccc1)C1(C)CCCC1)[C@@H](O)c1nc2ccccc2o1. The number of amides is 2. The summed E-state index contributed by atoms with van der Waals surface area (Å²) in [5.74, 6) is -0.655. The van der Waals surface area contributed by atoms with Crippen molar-refractivity contribution in [3.8, 4) is 0 Å². The van der Waals surface area contributed by atoms with E-state index in [1.54, 1.807) is 12.1 Å².